The lowest BCUT2D eigenvalue weighted by molar-refractivity contribution is 0.308. The summed E-state index contributed by atoms with van der Waals surface area (Å²) in [5.74, 6) is 1.45. The van der Waals surface area contributed by atoms with Gasteiger partial charge in [0.05, 0.1) is 0 Å². The molecule has 6 heteroatoms. The third-order valence-electron chi connectivity index (χ3n) is 5.24. The molecule has 0 unspecified atom stereocenters. The number of benzene rings is 3. The molecule has 1 N–H and O–H groups in total. The van der Waals surface area contributed by atoms with Crippen molar-refractivity contribution in [3.05, 3.63) is 106 Å². The second kappa shape index (κ2) is 11.1. The maximum absolute atomic E-state index is 9.31. The lowest BCUT2D eigenvalue weighted by Gasteiger charge is -2.26. The first-order chi connectivity index (χ1) is 15.4. The fourth-order valence-corrected chi connectivity index (χ4v) is 3.38. The Hall–Kier alpha value is -2.95. The number of halogens is 2. The number of rotatable bonds is 9. The van der Waals surface area contributed by atoms with Crippen LogP contribution >= 0.6 is 23.2 Å². The van der Waals surface area contributed by atoms with Crippen molar-refractivity contribution in [1.82, 2.24) is 0 Å². The van der Waals surface area contributed by atoms with Crippen LogP contribution in [0.25, 0.3) is 0 Å². The molecule has 4 nitrogen and oxygen atoms in total. The highest BCUT2D eigenvalue weighted by Crippen LogP contribution is 2.33. The van der Waals surface area contributed by atoms with Crippen molar-refractivity contribution in [1.29, 1.82) is 0 Å². The molecule has 0 saturated heterocycles. The Morgan fingerprint density at radius 1 is 0.844 bits per heavy atom. The molecule has 0 aromatic heterocycles. The van der Waals surface area contributed by atoms with Gasteiger partial charge in [0.15, 0.2) is 0 Å². The molecule has 0 aliphatic rings. The average Bonchev–Trinajstić information content (AvgIpc) is 2.81. The molecule has 0 aliphatic heterocycles. The lowest BCUT2D eigenvalue weighted by atomic mass is 9.78. The summed E-state index contributed by atoms with van der Waals surface area (Å²) in [6.07, 6.45) is 1.60. The highest BCUT2D eigenvalue weighted by atomic mass is 35.5. The summed E-state index contributed by atoms with van der Waals surface area (Å²) in [6, 6.07) is 25.4. The minimum absolute atomic E-state index is 0.175. The summed E-state index contributed by atoms with van der Waals surface area (Å²) in [6.45, 7) is 4.83. The van der Waals surface area contributed by atoms with Crippen LogP contribution in [0, 0.1) is 0 Å². The summed E-state index contributed by atoms with van der Waals surface area (Å²) >= 11 is 11.2. The van der Waals surface area contributed by atoms with E-state index in [0.717, 1.165) is 22.4 Å². The average molecular weight is 470 g/mol. The predicted molar refractivity (Wildman–Crippen MR) is 131 cm³/mol. The second-order valence-electron chi connectivity index (χ2n) is 7.68. The molecule has 0 fully saturated rings. The van der Waals surface area contributed by atoms with Gasteiger partial charge in [-0.25, -0.2) is 0 Å². The van der Waals surface area contributed by atoms with Gasteiger partial charge in [-0.15, -0.1) is 0 Å². The molecule has 0 amide bonds. The Kier molecular flexibility index (Phi) is 8.20. The zero-order valence-electron chi connectivity index (χ0n) is 18.0. The van der Waals surface area contributed by atoms with Crippen LogP contribution in [0.1, 0.15) is 30.5 Å². The zero-order chi connectivity index (χ0) is 23.0. The number of nitrogens with zero attached hydrogens (tertiary/aromatic N) is 1. The molecule has 0 atom stereocenters. The van der Waals surface area contributed by atoms with Crippen LogP contribution < -0.4 is 9.47 Å². The van der Waals surface area contributed by atoms with Gasteiger partial charge in [-0.3, -0.25) is 0 Å². The maximum Gasteiger partial charge on any atom is 0.134 e. The van der Waals surface area contributed by atoms with E-state index in [1.54, 1.807) is 6.08 Å². The van der Waals surface area contributed by atoms with Crippen molar-refractivity contribution in [3.8, 4) is 11.5 Å². The van der Waals surface area contributed by atoms with Crippen molar-refractivity contribution < 1.29 is 14.7 Å². The van der Waals surface area contributed by atoms with Gasteiger partial charge in [-0.1, -0.05) is 96.8 Å². The molecule has 0 radical (unpaired) electrons. The van der Waals surface area contributed by atoms with Gasteiger partial charge in [0.2, 0.25) is 0 Å². The number of hydrogen-bond donors (Lipinski definition) is 1. The number of ether oxygens (including phenoxy) is 2. The first-order valence-corrected chi connectivity index (χ1v) is 10.9. The van der Waals surface area contributed by atoms with E-state index < -0.39 is 0 Å². The van der Waals surface area contributed by atoms with Crippen molar-refractivity contribution >= 4 is 28.9 Å². The Bertz CT molecular complexity index is 1060. The molecule has 3 aromatic rings. The molecule has 0 aliphatic carbocycles. The summed E-state index contributed by atoms with van der Waals surface area (Å²) in [7, 11) is 0. The number of hydrogen-bond acceptors (Lipinski definition) is 4. The summed E-state index contributed by atoms with van der Waals surface area (Å²) in [5, 5.41) is 12.7. The van der Waals surface area contributed by atoms with Crippen LogP contribution in [0.5, 0.6) is 11.5 Å². The van der Waals surface area contributed by atoms with E-state index in [1.807, 2.05) is 66.7 Å². The van der Waals surface area contributed by atoms with E-state index in [0.29, 0.717) is 18.1 Å². The van der Waals surface area contributed by atoms with Gasteiger partial charge in [0.25, 0.3) is 0 Å². The third-order valence-corrected chi connectivity index (χ3v) is 5.55. The Balaban J connectivity index is 1.64. The highest BCUT2D eigenvalue weighted by Gasteiger charge is 2.23. The van der Waals surface area contributed by atoms with Crippen LogP contribution in [-0.2, 0) is 5.41 Å². The van der Waals surface area contributed by atoms with Crippen molar-refractivity contribution in [2.24, 2.45) is 5.16 Å². The van der Waals surface area contributed by atoms with E-state index in [1.165, 1.54) is 0 Å². The van der Waals surface area contributed by atoms with Gasteiger partial charge in [-0.2, -0.15) is 0 Å². The normalized spacial score (nSPS) is 11.7. The van der Waals surface area contributed by atoms with Gasteiger partial charge in [-0.05, 0) is 41.5 Å². The van der Waals surface area contributed by atoms with Crippen LogP contribution in [0.4, 0.5) is 0 Å². The molecule has 3 aromatic carbocycles. The fourth-order valence-electron chi connectivity index (χ4n) is 3.26. The van der Waals surface area contributed by atoms with Crippen molar-refractivity contribution in [2.75, 3.05) is 13.2 Å². The second-order valence-corrected chi connectivity index (χ2v) is 8.69. The standard InChI is InChI=1S/C26H25Cl2NO3/c1-26(2,20-8-12-22(13-9-20)31-17-16-25(27)28)21-10-14-23(15-11-21)32-18-24(29-30)19-6-4-3-5-7-19/h3-16,30H,17-18H2,1-2H3. The lowest BCUT2D eigenvalue weighted by Crippen LogP contribution is -2.19. The molecular weight excluding hydrogens is 445 g/mol. The van der Waals surface area contributed by atoms with Crippen molar-refractivity contribution in [2.45, 2.75) is 19.3 Å². The molecule has 32 heavy (non-hydrogen) atoms. The van der Waals surface area contributed by atoms with Crippen LogP contribution in [0.2, 0.25) is 0 Å². The van der Waals surface area contributed by atoms with E-state index in [4.69, 9.17) is 32.7 Å². The first-order valence-electron chi connectivity index (χ1n) is 10.1. The quantitative estimate of drug-likeness (QED) is 0.209. The largest absolute Gasteiger partial charge is 0.489 e. The maximum atomic E-state index is 9.31. The molecule has 0 bridgehead atoms. The van der Waals surface area contributed by atoms with Gasteiger partial charge in [0, 0.05) is 11.0 Å². The molecule has 0 heterocycles. The van der Waals surface area contributed by atoms with Crippen LogP contribution in [0.3, 0.4) is 0 Å². The SMILES string of the molecule is CC(C)(c1ccc(OCC=C(Cl)Cl)cc1)c1ccc(OCC(=NO)c2ccccc2)cc1. The minimum atomic E-state index is -0.210. The molecule has 0 spiro atoms. The Labute approximate surface area is 198 Å². The Morgan fingerprint density at radius 2 is 1.38 bits per heavy atom. The summed E-state index contributed by atoms with van der Waals surface area (Å²) in [5.41, 5.74) is 3.39. The van der Waals surface area contributed by atoms with Gasteiger partial charge >= 0.3 is 0 Å². The molecule has 0 saturated carbocycles. The zero-order valence-corrected chi connectivity index (χ0v) is 19.5. The minimum Gasteiger partial charge on any atom is -0.489 e. The fraction of sp³-hybridized carbons (Fsp3) is 0.192. The van der Waals surface area contributed by atoms with Crippen LogP contribution in [0.15, 0.2) is 94.6 Å². The van der Waals surface area contributed by atoms with Gasteiger partial charge in [0.1, 0.15) is 34.9 Å². The topological polar surface area (TPSA) is 51.0 Å². The van der Waals surface area contributed by atoms with Crippen molar-refractivity contribution in [3.63, 3.8) is 0 Å². The van der Waals surface area contributed by atoms with E-state index in [9.17, 15) is 5.21 Å². The third kappa shape index (κ3) is 6.28. The summed E-state index contributed by atoms with van der Waals surface area (Å²) < 4.78 is 11.6. The first kappa shape index (κ1) is 23.7. The smallest absolute Gasteiger partial charge is 0.134 e. The predicted octanol–water partition coefficient (Wildman–Crippen LogP) is 6.97. The van der Waals surface area contributed by atoms with E-state index in [-0.39, 0.29) is 16.5 Å². The van der Waals surface area contributed by atoms with E-state index in [2.05, 4.69) is 31.1 Å². The number of oxime groups is 1. The van der Waals surface area contributed by atoms with Crippen LogP contribution in [-0.4, -0.2) is 24.1 Å². The van der Waals surface area contributed by atoms with E-state index >= 15 is 0 Å². The monoisotopic (exact) mass is 469 g/mol. The molecule has 166 valence electrons. The van der Waals surface area contributed by atoms with Gasteiger partial charge < -0.3 is 14.7 Å². The summed E-state index contributed by atoms with van der Waals surface area (Å²) in [4.78, 5) is 0. The molecule has 3 rings (SSSR count). The Morgan fingerprint density at radius 3 is 1.88 bits per heavy atom. The highest BCUT2D eigenvalue weighted by molar-refractivity contribution is 6.55. The molecular formula is C26H25Cl2NO3.